The molecular weight excluding hydrogens is 526 g/mol. The molecule has 0 bridgehead atoms. The highest BCUT2D eigenvalue weighted by Gasteiger charge is 2.27. The molecule has 37 heavy (non-hydrogen) atoms. The predicted octanol–water partition coefficient (Wildman–Crippen LogP) is 3.97. The maximum Gasteiger partial charge on any atom is 0.269 e. The first-order valence-electron chi connectivity index (χ1n) is 10.9. The van der Waals surface area contributed by atoms with Crippen molar-refractivity contribution >= 4 is 55.7 Å². The number of carbonyl (C=O) groups is 1. The van der Waals surface area contributed by atoms with E-state index in [9.17, 15) is 17.6 Å². The number of nitrogens with zero attached hydrogens (tertiary/aromatic N) is 3. The van der Waals surface area contributed by atoms with Gasteiger partial charge in [-0.25, -0.2) is 27.2 Å². The Labute approximate surface area is 215 Å². The third-order valence-electron chi connectivity index (χ3n) is 5.60. The van der Waals surface area contributed by atoms with Gasteiger partial charge in [0.2, 0.25) is 10.0 Å². The second-order valence-corrected chi connectivity index (χ2v) is 10.7. The summed E-state index contributed by atoms with van der Waals surface area (Å²) in [7, 11) is -2.57. The first kappa shape index (κ1) is 26.2. The predicted molar refractivity (Wildman–Crippen MR) is 137 cm³/mol. The van der Waals surface area contributed by atoms with Crippen molar-refractivity contribution in [2.45, 2.75) is 25.0 Å². The van der Waals surface area contributed by atoms with E-state index in [1.165, 1.54) is 7.11 Å². The number of hydrogen-bond donors (Lipinski definition) is 3. The Balaban J connectivity index is 1.57. The van der Waals surface area contributed by atoms with Crippen LogP contribution in [0.5, 0.6) is 5.75 Å². The van der Waals surface area contributed by atoms with E-state index in [0.29, 0.717) is 5.75 Å². The maximum absolute atomic E-state index is 15.3. The summed E-state index contributed by atoms with van der Waals surface area (Å²) in [5.74, 6) is -2.59. The lowest BCUT2D eigenvalue weighted by Gasteiger charge is -2.19. The van der Waals surface area contributed by atoms with Gasteiger partial charge in [0.05, 0.1) is 18.0 Å². The van der Waals surface area contributed by atoms with Crippen molar-refractivity contribution < 1.29 is 26.7 Å². The van der Waals surface area contributed by atoms with Gasteiger partial charge in [-0.15, -0.1) is 0 Å². The van der Waals surface area contributed by atoms with Gasteiger partial charge in [0.1, 0.15) is 39.5 Å². The first-order valence-corrected chi connectivity index (χ1v) is 13.3. The van der Waals surface area contributed by atoms with Crippen LogP contribution in [0, 0.1) is 11.6 Å². The molecule has 1 unspecified atom stereocenters. The molecule has 0 saturated carbocycles. The lowest BCUT2D eigenvalue weighted by molar-refractivity contribution is 0.103. The minimum absolute atomic E-state index is 0.0422. The highest BCUT2D eigenvalue weighted by atomic mass is 32.2. The second kappa shape index (κ2) is 10.6. The van der Waals surface area contributed by atoms with Crippen LogP contribution in [0.15, 0.2) is 42.7 Å². The number of fused-ring (bicyclic) bond motifs is 1. The fourth-order valence-electron chi connectivity index (χ4n) is 3.58. The first-order chi connectivity index (χ1) is 17.6. The Kier molecular flexibility index (Phi) is 7.50. The van der Waals surface area contributed by atoms with Crippen LogP contribution in [0.2, 0.25) is 0 Å². The molecule has 2 heterocycles. The van der Waals surface area contributed by atoms with Crippen molar-refractivity contribution in [1.82, 2.24) is 14.3 Å². The summed E-state index contributed by atoms with van der Waals surface area (Å²) in [6.07, 6.45) is 1.53. The van der Waals surface area contributed by atoms with Crippen molar-refractivity contribution in [3.63, 3.8) is 0 Å². The molecule has 0 radical (unpaired) electrons. The van der Waals surface area contributed by atoms with E-state index in [1.54, 1.807) is 31.2 Å². The van der Waals surface area contributed by atoms with Crippen LogP contribution in [0.4, 0.5) is 26.0 Å². The number of carbonyl (C=O) groups excluding carboxylic acids is 1. The molecule has 194 valence electrons. The SMILES string of the molecule is CCC(Cc1ccc(OC)cc1)S(=O)(=O)Nc1ccc(F)c(NC(=O)c2snc3c(N)ncnc23)c1F. The van der Waals surface area contributed by atoms with Crippen molar-refractivity contribution in [1.29, 1.82) is 0 Å². The molecule has 1 atom stereocenters. The summed E-state index contributed by atoms with van der Waals surface area (Å²) >= 11 is 0.731. The van der Waals surface area contributed by atoms with E-state index >= 15 is 4.39 Å². The van der Waals surface area contributed by atoms with Gasteiger partial charge < -0.3 is 15.8 Å². The maximum atomic E-state index is 15.3. The zero-order chi connectivity index (χ0) is 26.7. The van der Waals surface area contributed by atoms with Crippen molar-refractivity contribution in [3.05, 3.63) is 64.8 Å². The van der Waals surface area contributed by atoms with Gasteiger partial charge in [-0.3, -0.25) is 9.52 Å². The van der Waals surface area contributed by atoms with Crippen LogP contribution in [0.1, 0.15) is 28.6 Å². The van der Waals surface area contributed by atoms with Crippen LogP contribution >= 0.6 is 11.5 Å². The van der Waals surface area contributed by atoms with Gasteiger partial charge >= 0.3 is 0 Å². The Morgan fingerprint density at radius 2 is 1.86 bits per heavy atom. The third-order valence-corrected chi connectivity index (χ3v) is 8.32. The van der Waals surface area contributed by atoms with Gasteiger partial charge in [0.25, 0.3) is 5.91 Å². The molecule has 10 nitrogen and oxygen atoms in total. The minimum atomic E-state index is -4.09. The smallest absolute Gasteiger partial charge is 0.269 e. The number of aromatic nitrogens is 3. The van der Waals surface area contributed by atoms with Crippen molar-refractivity contribution in [2.24, 2.45) is 0 Å². The highest BCUT2D eigenvalue weighted by Crippen LogP contribution is 2.30. The third kappa shape index (κ3) is 5.44. The van der Waals surface area contributed by atoms with Crippen LogP contribution in [-0.2, 0) is 16.4 Å². The van der Waals surface area contributed by atoms with Crippen LogP contribution in [-0.4, -0.2) is 41.0 Å². The van der Waals surface area contributed by atoms with Crippen LogP contribution < -0.4 is 20.5 Å². The van der Waals surface area contributed by atoms with E-state index in [2.05, 4.69) is 24.4 Å². The highest BCUT2D eigenvalue weighted by molar-refractivity contribution is 7.93. The molecule has 4 N–H and O–H groups in total. The molecule has 14 heteroatoms. The number of ether oxygens (including phenoxy) is 1. The fraction of sp³-hybridized carbons (Fsp3) is 0.217. The number of sulfonamides is 1. The Hall–Kier alpha value is -3.91. The average molecular weight is 549 g/mol. The summed E-state index contributed by atoms with van der Waals surface area (Å²) in [6, 6.07) is 8.71. The van der Waals surface area contributed by atoms with E-state index in [4.69, 9.17) is 10.5 Å². The molecule has 1 amide bonds. The molecular formula is C23H22F2N6O4S2. The van der Waals surface area contributed by atoms with Crippen LogP contribution in [0.3, 0.4) is 0 Å². The number of methoxy groups -OCH3 is 1. The summed E-state index contributed by atoms with van der Waals surface area (Å²) < 4.78 is 67.3. The fourth-order valence-corrected chi connectivity index (χ4v) is 5.80. The molecule has 0 spiro atoms. The van der Waals surface area contributed by atoms with E-state index in [-0.39, 0.29) is 34.6 Å². The molecule has 4 rings (SSSR count). The number of halogens is 2. The second-order valence-electron chi connectivity index (χ2n) is 7.94. The average Bonchev–Trinajstić information content (AvgIpc) is 3.32. The molecule has 0 aliphatic rings. The van der Waals surface area contributed by atoms with E-state index < -0.39 is 44.2 Å². The Bertz CT molecular complexity index is 1560. The minimum Gasteiger partial charge on any atom is -0.497 e. The quantitative estimate of drug-likeness (QED) is 0.284. The molecule has 0 aliphatic heterocycles. The number of benzene rings is 2. The van der Waals surface area contributed by atoms with Crippen LogP contribution in [0.25, 0.3) is 11.0 Å². The van der Waals surface area contributed by atoms with Crippen molar-refractivity contribution in [2.75, 3.05) is 22.9 Å². The van der Waals surface area contributed by atoms with Gasteiger partial charge in [-0.1, -0.05) is 19.1 Å². The lowest BCUT2D eigenvalue weighted by Crippen LogP contribution is -2.30. The standard InChI is InChI=1S/C23H22F2N6O4S2/c1-3-14(10-12-4-6-13(35-2)7-5-12)37(33,34)31-16-9-8-15(24)18(17(16)25)29-23(32)21-19-20(30-36-21)22(26)28-11-27-19/h4-9,11,14,31H,3,10H2,1-2H3,(H,29,32)(H2,26,27,28). The largest absolute Gasteiger partial charge is 0.497 e. The number of nitrogen functional groups attached to an aromatic ring is 1. The van der Waals surface area contributed by atoms with Gasteiger partial charge in [0.15, 0.2) is 11.6 Å². The number of hydrogen-bond acceptors (Lipinski definition) is 9. The number of amides is 1. The van der Waals surface area contributed by atoms with Gasteiger partial charge in [0, 0.05) is 0 Å². The molecule has 4 aromatic rings. The van der Waals surface area contributed by atoms with Gasteiger partial charge in [-0.2, -0.15) is 4.37 Å². The summed E-state index contributed by atoms with van der Waals surface area (Å²) in [6.45, 7) is 1.69. The Morgan fingerprint density at radius 1 is 1.14 bits per heavy atom. The monoisotopic (exact) mass is 548 g/mol. The lowest BCUT2D eigenvalue weighted by atomic mass is 10.1. The molecule has 2 aromatic carbocycles. The van der Waals surface area contributed by atoms with E-state index in [1.807, 2.05) is 0 Å². The summed E-state index contributed by atoms with van der Waals surface area (Å²) in [5.41, 5.74) is 5.43. The molecule has 0 fully saturated rings. The number of nitrogens with two attached hydrogens (primary N) is 1. The van der Waals surface area contributed by atoms with Gasteiger partial charge in [-0.05, 0) is 54.2 Å². The summed E-state index contributed by atoms with van der Waals surface area (Å²) in [5, 5.41) is 1.24. The number of anilines is 3. The summed E-state index contributed by atoms with van der Waals surface area (Å²) in [4.78, 5) is 20.5. The number of nitrogens with one attached hydrogen (secondary N) is 2. The Morgan fingerprint density at radius 3 is 2.54 bits per heavy atom. The topological polar surface area (TPSA) is 149 Å². The normalized spacial score (nSPS) is 12.3. The molecule has 2 aromatic heterocycles. The number of rotatable bonds is 9. The molecule has 0 saturated heterocycles. The molecule has 0 aliphatic carbocycles. The zero-order valence-electron chi connectivity index (χ0n) is 19.7. The van der Waals surface area contributed by atoms with Crippen molar-refractivity contribution in [3.8, 4) is 5.75 Å². The zero-order valence-corrected chi connectivity index (χ0v) is 21.3. The van der Waals surface area contributed by atoms with E-state index in [0.717, 1.165) is 35.6 Å².